The fraction of sp³-hybridized carbons (Fsp3) is 0.125. The number of carbonyl (C=O) groups excluding carboxylic acids is 1. The molecule has 0 radical (unpaired) electrons. The van der Waals surface area contributed by atoms with Gasteiger partial charge in [-0.1, -0.05) is 24.3 Å². The molecule has 23 heavy (non-hydrogen) atoms. The summed E-state index contributed by atoms with van der Waals surface area (Å²) in [5.74, 6) is -2.36. The Bertz CT molecular complexity index is 675. The van der Waals surface area contributed by atoms with Crippen LogP contribution in [0.2, 0.25) is 0 Å². The Morgan fingerprint density at radius 3 is 2.00 bits per heavy atom. The number of rotatable bonds is 4. The highest BCUT2D eigenvalue weighted by atomic mass is 35.5. The van der Waals surface area contributed by atoms with Crippen LogP contribution in [0.3, 0.4) is 0 Å². The number of benzene rings is 2. The molecule has 122 valence electrons. The summed E-state index contributed by atoms with van der Waals surface area (Å²) in [5, 5.41) is 9.40. The van der Waals surface area contributed by atoms with Crippen LogP contribution in [0.5, 0.6) is 0 Å². The summed E-state index contributed by atoms with van der Waals surface area (Å²) in [4.78, 5) is 12.2. The molecular weight excluding hydrogens is 324 g/mol. The molecule has 0 bridgehead atoms. The van der Waals surface area contributed by atoms with Crippen LogP contribution in [0.25, 0.3) is 0 Å². The monoisotopic (exact) mass is 339 g/mol. The van der Waals surface area contributed by atoms with E-state index >= 15 is 0 Å². The normalized spacial score (nSPS) is 11.2. The van der Waals surface area contributed by atoms with Gasteiger partial charge >= 0.3 is 0 Å². The van der Waals surface area contributed by atoms with Crippen molar-refractivity contribution in [1.29, 1.82) is 5.41 Å². The molecule has 0 spiro atoms. The molecule has 4 N–H and O–H groups in total. The van der Waals surface area contributed by atoms with Gasteiger partial charge < -0.3 is 5.73 Å². The maximum absolute atomic E-state index is 13.0. The van der Waals surface area contributed by atoms with Crippen molar-refractivity contribution in [2.24, 2.45) is 5.73 Å². The van der Waals surface area contributed by atoms with Crippen LogP contribution in [-0.2, 0) is 11.2 Å². The fourth-order valence-electron chi connectivity index (χ4n) is 2.13. The van der Waals surface area contributed by atoms with Crippen LogP contribution in [0.15, 0.2) is 48.5 Å². The van der Waals surface area contributed by atoms with Crippen LogP contribution in [-0.4, -0.2) is 11.9 Å². The number of nitrogens with one attached hydrogen (secondary N) is 2. The van der Waals surface area contributed by atoms with Gasteiger partial charge in [0.2, 0.25) is 5.91 Å². The van der Waals surface area contributed by atoms with Gasteiger partial charge in [-0.2, -0.15) is 0 Å². The van der Waals surface area contributed by atoms with Crippen molar-refractivity contribution in [3.8, 4) is 0 Å². The van der Waals surface area contributed by atoms with E-state index in [2.05, 4.69) is 5.32 Å². The van der Waals surface area contributed by atoms with Crippen molar-refractivity contribution < 1.29 is 13.6 Å². The summed E-state index contributed by atoms with van der Waals surface area (Å²) in [6.45, 7) is 0. The molecule has 0 aromatic heterocycles. The van der Waals surface area contributed by atoms with Crippen LogP contribution in [0.1, 0.15) is 17.0 Å². The van der Waals surface area contributed by atoms with Crippen molar-refractivity contribution >= 4 is 24.3 Å². The molecule has 0 saturated carbocycles. The molecule has 2 aromatic carbocycles. The zero-order valence-electron chi connectivity index (χ0n) is 12.1. The number of guanidine groups is 1. The Balaban J connectivity index is 0.00000264. The number of hydrogen-bond donors (Lipinski definition) is 3. The van der Waals surface area contributed by atoms with Gasteiger partial charge in [-0.25, -0.2) is 8.78 Å². The van der Waals surface area contributed by atoms with E-state index in [1.807, 2.05) is 0 Å². The standard InChI is InChI=1S/C16H15F2N3O.ClH/c17-12-5-1-10(2-6-12)9-14(15(22)21-16(19)20)11-3-7-13(18)8-4-11;/h1-8,14H,9H2,(H4,19,20,21,22);1H/t14-;/m0./s1. The lowest BCUT2D eigenvalue weighted by Gasteiger charge is -2.17. The predicted molar refractivity (Wildman–Crippen MR) is 86.5 cm³/mol. The second kappa shape index (κ2) is 8.24. The van der Waals surface area contributed by atoms with Crippen molar-refractivity contribution in [3.05, 3.63) is 71.3 Å². The molecule has 1 amide bonds. The molecule has 0 unspecified atom stereocenters. The lowest BCUT2D eigenvalue weighted by molar-refractivity contribution is -0.121. The molecule has 0 fully saturated rings. The van der Waals surface area contributed by atoms with E-state index in [4.69, 9.17) is 11.1 Å². The van der Waals surface area contributed by atoms with E-state index in [-0.39, 0.29) is 24.6 Å². The minimum Gasteiger partial charge on any atom is -0.370 e. The first-order chi connectivity index (χ1) is 10.5. The third-order valence-electron chi connectivity index (χ3n) is 3.20. The second-order valence-electron chi connectivity index (χ2n) is 4.84. The molecule has 0 aliphatic rings. The smallest absolute Gasteiger partial charge is 0.234 e. The van der Waals surface area contributed by atoms with Gasteiger partial charge in [-0.3, -0.25) is 15.5 Å². The van der Waals surface area contributed by atoms with Crippen LogP contribution in [0, 0.1) is 17.0 Å². The minimum absolute atomic E-state index is 0. The maximum atomic E-state index is 13.0. The van der Waals surface area contributed by atoms with Gasteiger partial charge in [0.25, 0.3) is 0 Å². The SMILES string of the molecule is Cl.N=C(N)NC(=O)[C@@H](Cc1ccc(F)cc1)c1ccc(F)cc1. The van der Waals surface area contributed by atoms with E-state index in [1.54, 1.807) is 12.1 Å². The third-order valence-corrected chi connectivity index (χ3v) is 3.20. The summed E-state index contributed by atoms with van der Waals surface area (Å²) in [7, 11) is 0. The lowest BCUT2D eigenvalue weighted by Crippen LogP contribution is -2.39. The highest BCUT2D eigenvalue weighted by molar-refractivity contribution is 5.98. The summed E-state index contributed by atoms with van der Waals surface area (Å²) in [5.41, 5.74) is 6.52. The van der Waals surface area contributed by atoms with Crippen LogP contribution < -0.4 is 11.1 Å². The molecule has 0 aliphatic carbocycles. The summed E-state index contributed by atoms with van der Waals surface area (Å²) in [6, 6.07) is 11.3. The van der Waals surface area contributed by atoms with Crippen molar-refractivity contribution in [2.45, 2.75) is 12.3 Å². The molecule has 0 aliphatic heterocycles. The number of hydrogen-bond acceptors (Lipinski definition) is 2. The zero-order chi connectivity index (χ0) is 16.1. The first kappa shape index (κ1) is 18.6. The van der Waals surface area contributed by atoms with Crippen molar-refractivity contribution in [3.63, 3.8) is 0 Å². The average molecular weight is 340 g/mol. The van der Waals surface area contributed by atoms with Gasteiger partial charge in [0.05, 0.1) is 5.92 Å². The van der Waals surface area contributed by atoms with Gasteiger partial charge in [0, 0.05) is 0 Å². The van der Waals surface area contributed by atoms with Gasteiger partial charge in [-0.05, 0) is 41.8 Å². The number of carbonyl (C=O) groups is 1. The van der Waals surface area contributed by atoms with E-state index in [0.717, 1.165) is 5.56 Å². The topological polar surface area (TPSA) is 79.0 Å². The van der Waals surface area contributed by atoms with Crippen LogP contribution in [0.4, 0.5) is 8.78 Å². The first-order valence-corrected chi connectivity index (χ1v) is 6.60. The second-order valence-corrected chi connectivity index (χ2v) is 4.84. The van der Waals surface area contributed by atoms with Gasteiger partial charge in [-0.15, -0.1) is 12.4 Å². The summed E-state index contributed by atoms with van der Waals surface area (Å²) in [6.07, 6.45) is 0.283. The molecule has 0 saturated heterocycles. The largest absolute Gasteiger partial charge is 0.370 e. The molecule has 2 rings (SSSR count). The zero-order valence-corrected chi connectivity index (χ0v) is 12.9. The minimum atomic E-state index is -0.657. The van der Waals surface area contributed by atoms with E-state index in [1.165, 1.54) is 36.4 Å². The van der Waals surface area contributed by atoms with Crippen molar-refractivity contribution in [2.75, 3.05) is 0 Å². The van der Waals surface area contributed by atoms with Crippen LogP contribution >= 0.6 is 12.4 Å². The predicted octanol–water partition coefficient (Wildman–Crippen LogP) is 2.72. The molecule has 4 nitrogen and oxygen atoms in total. The number of nitrogens with two attached hydrogens (primary N) is 1. The first-order valence-electron chi connectivity index (χ1n) is 6.60. The third kappa shape index (κ3) is 5.34. The van der Waals surface area contributed by atoms with Gasteiger partial charge in [0.1, 0.15) is 11.6 Å². The molecule has 2 aromatic rings. The highest BCUT2D eigenvalue weighted by Gasteiger charge is 2.21. The Morgan fingerprint density at radius 1 is 1.04 bits per heavy atom. The summed E-state index contributed by atoms with van der Waals surface area (Å²) >= 11 is 0. The average Bonchev–Trinajstić information content (AvgIpc) is 2.47. The maximum Gasteiger partial charge on any atom is 0.234 e. The number of halogens is 3. The molecule has 0 heterocycles. The molecule has 1 atom stereocenters. The van der Waals surface area contributed by atoms with Crippen molar-refractivity contribution in [1.82, 2.24) is 5.32 Å². The number of amides is 1. The summed E-state index contributed by atoms with van der Waals surface area (Å²) < 4.78 is 26.0. The molecular formula is C16H16ClF2N3O. The van der Waals surface area contributed by atoms with E-state index in [0.29, 0.717) is 5.56 Å². The van der Waals surface area contributed by atoms with E-state index < -0.39 is 23.6 Å². The Labute approximate surface area is 138 Å². The quantitative estimate of drug-likeness (QED) is 0.591. The van der Waals surface area contributed by atoms with E-state index in [9.17, 15) is 13.6 Å². The Hall–Kier alpha value is -2.47. The highest BCUT2D eigenvalue weighted by Crippen LogP contribution is 2.22. The molecule has 7 heteroatoms. The van der Waals surface area contributed by atoms with Gasteiger partial charge in [0.15, 0.2) is 5.96 Å². The lowest BCUT2D eigenvalue weighted by atomic mass is 9.91. The Morgan fingerprint density at radius 2 is 1.52 bits per heavy atom. The fourth-order valence-corrected chi connectivity index (χ4v) is 2.13. The Kier molecular flexibility index (Phi) is 6.65.